The number of rotatable bonds is 15. The fraction of sp³-hybridized carbons (Fsp3) is 0.556. The van der Waals surface area contributed by atoms with Gasteiger partial charge in [0.1, 0.15) is 11.4 Å². The van der Waals surface area contributed by atoms with Crippen molar-refractivity contribution in [2.45, 2.75) is 97.0 Å². The number of hydrogen-bond donors (Lipinski definition) is 0. The van der Waals surface area contributed by atoms with Crippen LogP contribution in [0.25, 0.3) is 22.2 Å². The summed E-state index contributed by atoms with van der Waals surface area (Å²) in [6, 6.07) is 16.6. The Morgan fingerprint density at radius 1 is 1.00 bits per heavy atom. The number of benzene rings is 2. The second kappa shape index (κ2) is 15.3. The molecule has 2 aromatic heterocycles. The Morgan fingerprint density at radius 3 is 2.48 bits per heavy atom. The quantitative estimate of drug-likeness (QED) is 0.0950. The molecule has 1 aliphatic heterocycles. The van der Waals surface area contributed by atoms with Gasteiger partial charge in [-0.15, -0.1) is 0 Å². The highest BCUT2D eigenvalue weighted by Crippen LogP contribution is 2.40. The van der Waals surface area contributed by atoms with E-state index in [1.165, 1.54) is 0 Å². The van der Waals surface area contributed by atoms with Crippen LogP contribution in [0.2, 0.25) is 18.1 Å². The lowest BCUT2D eigenvalue weighted by molar-refractivity contribution is -0.0365. The van der Waals surface area contributed by atoms with E-state index >= 15 is 0 Å². The molecule has 1 unspecified atom stereocenters. The molecule has 0 amide bonds. The standard InChI is InChI=1S/C36H52N4O5Si/c1-27(24-41-19-20-42-25-28(2)44-26-29-13-9-8-10-14-29)39-23-30(22-37-39)35-32-21-31(45-46(6,7)36(3,4)5)16-17-33(32)40(38-35)34-15-11-12-18-43-34/h8-10,13-14,16-17,21-23,27-28,34H,11-12,15,18-20,24-26H2,1-7H3/t27-,28-,34?/m0/s1. The molecule has 1 fully saturated rings. The Hall–Kier alpha value is -3.02. The molecule has 0 N–H and O–H groups in total. The Balaban J connectivity index is 1.20. The van der Waals surface area contributed by atoms with Crippen molar-refractivity contribution in [2.24, 2.45) is 0 Å². The van der Waals surface area contributed by atoms with E-state index < -0.39 is 8.32 Å². The largest absolute Gasteiger partial charge is 0.543 e. The Morgan fingerprint density at radius 2 is 1.76 bits per heavy atom. The molecule has 0 aliphatic carbocycles. The van der Waals surface area contributed by atoms with E-state index in [4.69, 9.17) is 33.6 Å². The second-order valence-corrected chi connectivity index (χ2v) is 18.7. The molecule has 0 spiro atoms. The lowest BCUT2D eigenvalue weighted by Crippen LogP contribution is -2.43. The first kappa shape index (κ1) is 34.3. The third kappa shape index (κ3) is 8.66. The van der Waals surface area contributed by atoms with Gasteiger partial charge in [-0.1, -0.05) is 51.1 Å². The maximum absolute atomic E-state index is 6.70. The minimum atomic E-state index is -2.01. The molecule has 0 saturated carbocycles. The molecule has 46 heavy (non-hydrogen) atoms. The van der Waals surface area contributed by atoms with E-state index in [-0.39, 0.29) is 23.4 Å². The van der Waals surface area contributed by atoms with Gasteiger partial charge < -0.3 is 23.4 Å². The van der Waals surface area contributed by atoms with Crippen LogP contribution in [0.1, 0.15) is 71.7 Å². The van der Waals surface area contributed by atoms with Crippen LogP contribution in [0.3, 0.4) is 0 Å². The predicted octanol–water partition coefficient (Wildman–Crippen LogP) is 8.18. The predicted molar refractivity (Wildman–Crippen MR) is 185 cm³/mol. The van der Waals surface area contributed by atoms with Crippen molar-refractivity contribution in [3.05, 3.63) is 66.5 Å². The number of nitrogens with zero attached hydrogens (tertiary/aromatic N) is 4. The maximum Gasteiger partial charge on any atom is 0.250 e. The molecule has 0 bridgehead atoms. The second-order valence-electron chi connectivity index (χ2n) is 14.0. The van der Waals surface area contributed by atoms with E-state index in [1.54, 1.807) is 0 Å². The fourth-order valence-electron chi connectivity index (χ4n) is 5.24. The highest BCUT2D eigenvalue weighted by molar-refractivity contribution is 6.74. The molecule has 9 nitrogen and oxygen atoms in total. The summed E-state index contributed by atoms with van der Waals surface area (Å²) in [5.41, 5.74) is 4.06. The zero-order valence-electron chi connectivity index (χ0n) is 28.7. The summed E-state index contributed by atoms with van der Waals surface area (Å²) in [7, 11) is -2.01. The number of aromatic nitrogens is 4. The van der Waals surface area contributed by atoms with Crippen LogP contribution in [0.5, 0.6) is 5.75 Å². The van der Waals surface area contributed by atoms with Gasteiger partial charge in [-0.05, 0) is 75.0 Å². The van der Waals surface area contributed by atoms with E-state index in [0.717, 1.165) is 59.3 Å². The molecule has 3 heterocycles. The first-order valence-electron chi connectivity index (χ1n) is 16.7. The van der Waals surface area contributed by atoms with Crippen LogP contribution in [0.4, 0.5) is 0 Å². The van der Waals surface area contributed by atoms with Gasteiger partial charge in [0.05, 0.1) is 56.9 Å². The van der Waals surface area contributed by atoms with Gasteiger partial charge in [0.25, 0.3) is 0 Å². The first-order valence-corrected chi connectivity index (χ1v) is 19.6. The van der Waals surface area contributed by atoms with Gasteiger partial charge in [0.2, 0.25) is 8.32 Å². The van der Waals surface area contributed by atoms with E-state index in [9.17, 15) is 0 Å². The lowest BCUT2D eigenvalue weighted by atomic mass is 10.1. The minimum Gasteiger partial charge on any atom is -0.543 e. The molecular formula is C36H52N4O5Si. The van der Waals surface area contributed by atoms with Crippen molar-refractivity contribution in [1.29, 1.82) is 0 Å². The van der Waals surface area contributed by atoms with Crippen LogP contribution in [0.15, 0.2) is 60.9 Å². The average Bonchev–Trinajstić information content (AvgIpc) is 3.67. The number of hydrogen-bond acceptors (Lipinski definition) is 7. The zero-order valence-corrected chi connectivity index (χ0v) is 29.7. The van der Waals surface area contributed by atoms with Crippen LogP contribution < -0.4 is 4.43 Å². The third-order valence-electron chi connectivity index (χ3n) is 9.07. The van der Waals surface area contributed by atoms with E-state index in [1.807, 2.05) is 36.0 Å². The third-order valence-corrected chi connectivity index (χ3v) is 13.4. The van der Waals surface area contributed by atoms with E-state index in [2.05, 4.69) is 82.0 Å². The normalized spacial score (nSPS) is 17.3. The summed E-state index contributed by atoms with van der Waals surface area (Å²) in [5.74, 6) is 0.887. The van der Waals surface area contributed by atoms with E-state index in [0.29, 0.717) is 33.0 Å². The van der Waals surface area contributed by atoms with Crippen molar-refractivity contribution in [2.75, 3.05) is 33.0 Å². The Labute approximate surface area is 275 Å². The first-order chi connectivity index (χ1) is 22.0. The molecule has 1 saturated heterocycles. The summed E-state index contributed by atoms with van der Waals surface area (Å²) >= 11 is 0. The van der Waals surface area contributed by atoms with Crippen molar-refractivity contribution in [3.63, 3.8) is 0 Å². The van der Waals surface area contributed by atoms with Crippen molar-refractivity contribution in [1.82, 2.24) is 19.6 Å². The highest BCUT2D eigenvalue weighted by Gasteiger charge is 2.39. The van der Waals surface area contributed by atoms with Crippen molar-refractivity contribution < 1.29 is 23.4 Å². The Bertz CT molecular complexity index is 1520. The van der Waals surface area contributed by atoms with Gasteiger partial charge in [-0.3, -0.25) is 4.68 Å². The topological polar surface area (TPSA) is 81.8 Å². The minimum absolute atomic E-state index is 0.0144. The highest BCUT2D eigenvalue weighted by atomic mass is 28.4. The van der Waals surface area contributed by atoms with Crippen molar-refractivity contribution in [3.8, 4) is 17.0 Å². The molecule has 250 valence electrons. The summed E-state index contributed by atoms with van der Waals surface area (Å²) in [4.78, 5) is 0. The molecule has 3 atom stereocenters. The number of ether oxygens (including phenoxy) is 4. The molecule has 5 rings (SSSR count). The molecule has 1 aliphatic rings. The summed E-state index contributed by atoms with van der Waals surface area (Å²) in [6.07, 6.45) is 7.08. The average molecular weight is 649 g/mol. The van der Waals surface area contributed by atoms with Crippen LogP contribution in [0, 0.1) is 0 Å². The maximum atomic E-state index is 6.70. The van der Waals surface area contributed by atoms with Gasteiger partial charge in [-0.25, -0.2) is 4.68 Å². The van der Waals surface area contributed by atoms with Crippen LogP contribution in [-0.4, -0.2) is 67.0 Å². The smallest absolute Gasteiger partial charge is 0.250 e. The van der Waals surface area contributed by atoms with Gasteiger partial charge in [0, 0.05) is 23.8 Å². The summed E-state index contributed by atoms with van der Waals surface area (Å²) < 4.78 is 34.5. The molecule has 4 aromatic rings. The summed E-state index contributed by atoms with van der Waals surface area (Å²) in [6.45, 7) is 18.9. The van der Waals surface area contributed by atoms with Crippen LogP contribution in [-0.2, 0) is 25.6 Å². The van der Waals surface area contributed by atoms with Gasteiger partial charge >= 0.3 is 0 Å². The fourth-order valence-corrected chi connectivity index (χ4v) is 6.26. The van der Waals surface area contributed by atoms with Gasteiger partial charge in [-0.2, -0.15) is 10.2 Å². The lowest BCUT2D eigenvalue weighted by Gasteiger charge is -2.36. The van der Waals surface area contributed by atoms with Gasteiger partial charge in [0.15, 0.2) is 6.23 Å². The monoisotopic (exact) mass is 648 g/mol. The number of fused-ring (bicyclic) bond motifs is 1. The molecule has 0 radical (unpaired) electrons. The molecule has 2 aromatic carbocycles. The summed E-state index contributed by atoms with van der Waals surface area (Å²) in [5, 5.41) is 11.0. The van der Waals surface area contributed by atoms with Crippen molar-refractivity contribution >= 4 is 19.2 Å². The Kier molecular flexibility index (Phi) is 11.4. The molecule has 10 heteroatoms. The SMILES string of the molecule is C[C@@H](COCCOC[C@H](C)n1cc(-c2nn(C3CCCCO3)c3ccc(O[Si](C)(C)C(C)(C)C)cc23)cn1)OCc1ccccc1. The van der Waals surface area contributed by atoms with Crippen LogP contribution >= 0.6 is 0 Å². The molecular weight excluding hydrogens is 597 g/mol. The zero-order chi connectivity index (χ0) is 32.7.